The lowest BCUT2D eigenvalue weighted by molar-refractivity contribution is 0.0693. The summed E-state index contributed by atoms with van der Waals surface area (Å²) in [6.45, 7) is 5.52. The van der Waals surface area contributed by atoms with Gasteiger partial charge in [-0.15, -0.1) is 10.2 Å². The highest BCUT2D eigenvalue weighted by Crippen LogP contribution is 2.41. The fourth-order valence-corrected chi connectivity index (χ4v) is 4.65. The Kier molecular flexibility index (Phi) is 8.61. The maximum Gasteiger partial charge on any atom is 0.339 e. The smallest absolute Gasteiger partial charge is 0.339 e. The molecule has 0 unspecified atom stereocenters. The summed E-state index contributed by atoms with van der Waals surface area (Å²) in [5.74, 6) is -2.38. The number of azo groups is 3. The van der Waals surface area contributed by atoms with Crippen LogP contribution in [0.25, 0.3) is 0 Å². The summed E-state index contributed by atoms with van der Waals surface area (Å²) >= 11 is 0. The van der Waals surface area contributed by atoms with Crippen LogP contribution in [0.5, 0.6) is 5.75 Å². The van der Waals surface area contributed by atoms with E-state index in [1.807, 2.05) is 31.2 Å². The highest BCUT2D eigenvalue weighted by atomic mass is 32.2. The van der Waals surface area contributed by atoms with Crippen LogP contribution in [-0.2, 0) is 9.84 Å². The molecule has 13 nitrogen and oxygen atoms in total. The quantitative estimate of drug-likeness (QED) is 0.116. The maximum atomic E-state index is 12.0. The van der Waals surface area contributed by atoms with Gasteiger partial charge in [0.15, 0.2) is 9.84 Å². The molecular formula is C29H28N8O5S. The number of nitrogens with two attached hydrogens (primary N) is 2. The van der Waals surface area contributed by atoms with Crippen molar-refractivity contribution >= 4 is 61.3 Å². The highest BCUT2D eigenvalue weighted by Gasteiger charge is 2.22. The van der Waals surface area contributed by atoms with Crippen molar-refractivity contribution in [1.29, 1.82) is 0 Å². The number of phenols is 1. The van der Waals surface area contributed by atoms with E-state index < -0.39 is 32.0 Å². The van der Waals surface area contributed by atoms with E-state index in [1.54, 1.807) is 38.1 Å². The molecule has 4 aromatic carbocycles. The first-order valence-electron chi connectivity index (χ1n) is 12.7. The number of hydrogen-bond donors (Lipinski definition) is 4. The van der Waals surface area contributed by atoms with Crippen LogP contribution in [0.1, 0.15) is 27.0 Å². The number of aromatic hydroxyl groups is 1. The summed E-state index contributed by atoms with van der Waals surface area (Å²) in [4.78, 5) is 10.9. The van der Waals surface area contributed by atoms with Gasteiger partial charge in [-0.25, -0.2) is 13.2 Å². The molecule has 6 N–H and O–H groups in total. The molecule has 0 spiro atoms. The Labute approximate surface area is 247 Å². The second-order valence-corrected chi connectivity index (χ2v) is 11.7. The molecule has 43 heavy (non-hydrogen) atoms. The number of rotatable bonds is 8. The van der Waals surface area contributed by atoms with Crippen LogP contribution < -0.4 is 11.5 Å². The number of nitrogen functional groups attached to an aromatic ring is 2. The van der Waals surface area contributed by atoms with Crippen molar-refractivity contribution in [3.05, 3.63) is 82.9 Å². The van der Waals surface area contributed by atoms with E-state index in [4.69, 9.17) is 11.5 Å². The summed E-state index contributed by atoms with van der Waals surface area (Å²) < 4.78 is 24.0. The van der Waals surface area contributed by atoms with Crippen LogP contribution in [-0.4, -0.2) is 30.9 Å². The maximum absolute atomic E-state index is 12.0. The van der Waals surface area contributed by atoms with Gasteiger partial charge in [-0.3, -0.25) is 0 Å². The molecule has 4 rings (SSSR count). The Hall–Kier alpha value is -5.50. The molecule has 220 valence electrons. The monoisotopic (exact) mass is 600 g/mol. The predicted molar refractivity (Wildman–Crippen MR) is 163 cm³/mol. The molecule has 4 aromatic rings. The Bertz CT molecular complexity index is 1940. The first kappa shape index (κ1) is 30.5. The number of benzene rings is 4. The Morgan fingerprint density at radius 2 is 1.30 bits per heavy atom. The number of nitrogens with zero attached hydrogens (tertiary/aromatic N) is 6. The fraction of sp³-hybridized carbons (Fsp3) is 0.138. The first-order valence-corrected chi connectivity index (χ1v) is 14.5. The predicted octanol–water partition coefficient (Wildman–Crippen LogP) is 7.83. The van der Waals surface area contributed by atoms with E-state index in [0.717, 1.165) is 24.0 Å². The van der Waals surface area contributed by atoms with Gasteiger partial charge in [0.2, 0.25) is 0 Å². The first-order chi connectivity index (χ1) is 20.2. The molecular weight excluding hydrogens is 572 g/mol. The lowest BCUT2D eigenvalue weighted by atomic mass is 10.1. The lowest BCUT2D eigenvalue weighted by Crippen LogP contribution is -2.03. The zero-order chi connectivity index (χ0) is 31.5. The SMILES string of the molecule is Cc1ccc(N=Nc2cc(C)c(N)c(N=Nc3ccc(N=Nc4cc(C(=O)O)c(O)c(S(C)(=O)=O)c4)c(C)c3)c2N)cc1. The number of carboxylic acid groups (broad SMARTS) is 1. The summed E-state index contributed by atoms with van der Waals surface area (Å²) in [5.41, 5.74) is 17.1. The fourth-order valence-electron chi connectivity index (χ4n) is 3.86. The van der Waals surface area contributed by atoms with Crippen molar-refractivity contribution < 1.29 is 23.4 Å². The van der Waals surface area contributed by atoms with Gasteiger partial charge in [-0.1, -0.05) is 17.7 Å². The van der Waals surface area contributed by atoms with Gasteiger partial charge in [-0.2, -0.15) is 20.5 Å². The standard InChI is InChI=1S/C29H28N8O5S/c1-15-5-7-18(8-6-15)32-36-23-12-17(3)25(30)27(26(23)31)37-33-19-9-10-22(16(2)11-19)35-34-20-13-21(29(39)40)28(38)24(14-20)43(4,41)42/h5-14,38H,30-31H2,1-4H3,(H,39,40). The topological polar surface area (TPSA) is 218 Å². The lowest BCUT2D eigenvalue weighted by Gasteiger charge is -2.09. The van der Waals surface area contributed by atoms with E-state index >= 15 is 0 Å². The highest BCUT2D eigenvalue weighted by molar-refractivity contribution is 7.90. The summed E-state index contributed by atoms with van der Waals surface area (Å²) in [5, 5.41) is 44.6. The number of carboxylic acids is 1. The molecule has 0 saturated carbocycles. The molecule has 14 heteroatoms. The number of hydrogen-bond acceptors (Lipinski definition) is 12. The molecule has 0 radical (unpaired) electrons. The van der Waals surface area contributed by atoms with Gasteiger partial charge < -0.3 is 21.7 Å². The summed E-state index contributed by atoms with van der Waals surface area (Å²) in [6.07, 6.45) is 0.848. The van der Waals surface area contributed by atoms with Crippen molar-refractivity contribution in [2.45, 2.75) is 25.7 Å². The molecule has 0 aliphatic heterocycles. The average molecular weight is 601 g/mol. The minimum absolute atomic E-state index is 0.0699. The van der Waals surface area contributed by atoms with E-state index in [-0.39, 0.29) is 17.1 Å². The van der Waals surface area contributed by atoms with Crippen molar-refractivity contribution in [3.63, 3.8) is 0 Å². The summed E-state index contributed by atoms with van der Waals surface area (Å²) in [7, 11) is -3.93. The summed E-state index contributed by atoms with van der Waals surface area (Å²) in [6, 6.07) is 16.2. The second-order valence-electron chi connectivity index (χ2n) is 9.71. The largest absolute Gasteiger partial charge is 0.506 e. The Morgan fingerprint density at radius 1 is 0.698 bits per heavy atom. The minimum Gasteiger partial charge on any atom is -0.506 e. The molecule has 0 bridgehead atoms. The normalized spacial score (nSPS) is 12.1. The Morgan fingerprint density at radius 3 is 1.93 bits per heavy atom. The van der Waals surface area contributed by atoms with Crippen molar-refractivity contribution in [2.75, 3.05) is 17.7 Å². The molecule has 0 fully saturated rings. The third-order valence-corrected chi connectivity index (χ3v) is 7.39. The van der Waals surface area contributed by atoms with Crippen LogP contribution in [0.2, 0.25) is 0 Å². The number of aryl methyl sites for hydroxylation is 3. The number of anilines is 2. The third kappa shape index (κ3) is 7.05. The molecule has 0 amide bonds. The zero-order valence-electron chi connectivity index (χ0n) is 23.6. The second kappa shape index (κ2) is 12.2. The van der Waals surface area contributed by atoms with E-state index in [0.29, 0.717) is 39.6 Å². The van der Waals surface area contributed by atoms with Gasteiger partial charge in [0.05, 0.1) is 34.1 Å². The molecule has 0 atom stereocenters. The van der Waals surface area contributed by atoms with Crippen LogP contribution >= 0.6 is 0 Å². The molecule has 0 aromatic heterocycles. The number of carbonyl (C=O) groups is 1. The van der Waals surface area contributed by atoms with Gasteiger partial charge in [0.25, 0.3) is 0 Å². The van der Waals surface area contributed by atoms with E-state index in [9.17, 15) is 23.4 Å². The zero-order valence-corrected chi connectivity index (χ0v) is 24.5. The van der Waals surface area contributed by atoms with Crippen molar-refractivity contribution in [3.8, 4) is 5.75 Å². The average Bonchev–Trinajstić information content (AvgIpc) is 2.94. The molecule has 0 heterocycles. The van der Waals surface area contributed by atoms with Crippen LogP contribution in [0, 0.1) is 20.8 Å². The Balaban J connectivity index is 1.61. The van der Waals surface area contributed by atoms with Gasteiger partial charge in [0, 0.05) is 6.26 Å². The molecule has 0 saturated heterocycles. The third-order valence-electron chi connectivity index (χ3n) is 6.28. The molecule has 0 aliphatic carbocycles. The van der Waals surface area contributed by atoms with Crippen LogP contribution in [0.15, 0.2) is 96.2 Å². The van der Waals surface area contributed by atoms with Crippen LogP contribution in [0.3, 0.4) is 0 Å². The van der Waals surface area contributed by atoms with Crippen LogP contribution in [0.4, 0.5) is 45.5 Å². The molecule has 0 aliphatic rings. The number of sulfone groups is 1. The van der Waals surface area contributed by atoms with Gasteiger partial charge in [0.1, 0.15) is 27.6 Å². The van der Waals surface area contributed by atoms with Crippen molar-refractivity contribution in [2.24, 2.45) is 30.7 Å². The van der Waals surface area contributed by atoms with E-state index in [1.165, 1.54) is 0 Å². The number of aromatic carboxylic acids is 1. The van der Waals surface area contributed by atoms with Crippen molar-refractivity contribution in [1.82, 2.24) is 0 Å². The minimum atomic E-state index is -3.93. The van der Waals surface area contributed by atoms with Gasteiger partial charge in [-0.05, 0) is 80.4 Å². The van der Waals surface area contributed by atoms with Gasteiger partial charge >= 0.3 is 5.97 Å². The van der Waals surface area contributed by atoms with E-state index in [2.05, 4.69) is 30.7 Å².